The molecule has 1 aromatic rings. The lowest BCUT2D eigenvalue weighted by Gasteiger charge is -2.08. The fourth-order valence-corrected chi connectivity index (χ4v) is 1.49. The molecule has 0 bridgehead atoms. The first-order valence-corrected chi connectivity index (χ1v) is 7.01. The van der Waals surface area contributed by atoms with Gasteiger partial charge in [0.05, 0.1) is 13.7 Å². The Bertz CT molecular complexity index is 529. The highest BCUT2D eigenvalue weighted by Crippen LogP contribution is 2.16. The molecule has 2 N–H and O–H groups in total. The predicted octanol–water partition coefficient (Wildman–Crippen LogP) is -0.130. The molecule has 0 unspecified atom stereocenters. The summed E-state index contributed by atoms with van der Waals surface area (Å²) in [6, 6.07) is 6.67. The smallest absolute Gasteiger partial charge is 0.344 e. The molecule has 0 saturated carbocycles. The van der Waals surface area contributed by atoms with Crippen LogP contribution in [0.1, 0.15) is 6.92 Å². The SMILES string of the molecule is CCNC(=O)CNC(=O)COC(=O)COc1ccc(OC)cc1. The van der Waals surface area contributed by atoms with Crippen LogP contribution in [-0.2, 0) is 19.1 Å². The molecule has 126 valence electrons. The minimum Gasteiger partial charge on any atom is -0.497 e. The summed E-state index contributed by atoms with van der Waals surface area (Å²) < 4.78 is 14.9. The molecule has 1 aromatic carbocycles. The molecule has 0 aliphatic rings. The number of hydrogen-bond acceptors (Lipinski definition) is 6. The second-order valence-corrected chi connectivity index (χ2v) is 4.36. The Morgan fingerprint density at radius 3 is 2.22 bits per heavy atom. The van der Waals surface area contributed by atoms with Gasteiger partial charge in [0.15, 0.2) is 13.2 Å². The lowest BCUT2D eigenvalue weighted by Crippen LogP contribution is -2.38. The van der Waals surface area contributed by atoms with E-state index in [-0.39, 0.29) is 19.1 Å². The third kappa shape index (κ3) is 7.70. The number of esters is 1. The van der Waals surface area contributed by atoms with E-state index in [1.54, 1.807) is 38.3 Å². The Morgan fingerprint density at radius 1 is 0.957 bits per heavy atom. The lowest BCUT2D eigenvalue weighted by atomic mass is 10.3. The van der Waals surface area contributed by atoms with Crippen molar-refractivity contribution in [2.45, 2.75) is 6.92 Å². The number of benzene rings is 1. The molecule has 0 spiro atoms. The van der Waals surface area contributed by atoms with Crippen LogP contribution in [0.4, 0.5) is 0 Å². The van der Waals surface area contributed by atoms with Crippen molar-refractivity contribution >= 4 is 17.8 Å². The first-order chi connectivity index (χ1) is 11.0. The van der Waals surface area contributed by atoms with Gasteiger partial charge in [0.25, 0.3) is 5.91 Å². The van der Waals surface area contributed by atoms with Crippen molar-refractivity contribution in [3.8, 4) is 11.5 Å². The summed E-state index contributed by atoms with van der Waals surface area (Å²) in [6.45, 7) is 1.30. The van der Waals surface area contributed by atoms with E-state index >= 15 is 0 Å². The quantitative estimate of drug-likeness (QED) is 0.613. The summed E-state index contributed by atoms with van der Waals surface area (Å²) in [5, 5.41) is 4.85. The summed E-state index contributed by atoms with van der Waals surface area (Å²) in [5.74, 6) is -0.412. The van der Waals surface area contributed by atoms with Gasteiger partial charge in [-0.2, -0.15) is 0 Å². The summed E-state index contributed by atoms with van der Waals surface area (Å²) in [5.41, 5.74) is 0. The standard InChI is InChI=1S/C15H20N2O6/c1-3-16-13(18)8-17-14(19)9-23-15(20)10-22-12-6-4-11(21-2)5-7-12/h4-7H,3,8-10H2,1-2H3,(H,16,18)(H,17,19). The van der Waals surface area contributed by atoms with Gasteiger partial charge in [-0.05, 0) is 31.2 Å². The molecule has 0 aliphatic carbocycles. The van der Waals surface area contributed by atoms with Crippen LogP contribution in [0.25, 0.3) is 0 Å². The lowest BCUT2D eigenvalue weighted by molar-refractivity contribution is -0.150. The van der Waals surface area contributed by atoms with Crippen molar-refractivity contribution in [1.29, 1.82) is 0 Å². The average molecular weight is 324 g/mol. The van der Waals surface area contributed by atoms with Gasteiger partial charge in [0.2, 0.25) is 5.91 Å². The van der Waals surface area contributed by atoms with E-state index in [2.05, 4.69) is 10.6 Å². The highest BCUT2D eigenvalue weighted by molar-refractivity contribution is 5.86. The Balaban J connectivity index is 2.20. The molecule has 2 amide bonds. The van der Waals surface area contributed by atoms with Crippen molar-refractivity contribution in [2.24, 2.45) is 0 Å². The van der Waals surface area contributed by atoms with E-state index in [1.165, 1.54) is 0 Å². The molecule has 0 saturated heterocycles. The first-order valence-electron chi connectivity index (χ1n) is 7.01. The van der Waals surface area contributed by atoms with Gasteiger partial charge in [-0.3, -0.25) is 9.59 Å². The van der Waals surface area contributed by atoms with E-state index < -0.39 is 18.5 Å². The fraction of sp³-hybridized carbons (Fsp3) is 0.400. The number of carbonyl (C=O) groups is 3. The Labute approximate surface area is 134 Å². The number of methoxy groups -OCH3 is 1. The molecule has 1 rings (SSSR count). The second kappa shape index (κ2) is 10.0. The van der Waals surface area contributed by atoms with Crippen LogP contribution in [0.15, 0.2) is 24.3 Å². The molecule has 23 heavy (non-hydrogen) atoms. The Hall–Kier alpha value is -2.77. The number of carbonyl (C=O) groups excluding carboxylic acids is 3. The largest absolute Gasteiger partial charge is 0.497 e. The van der Waals surface area contributed by atoms with Crippen LogP contribution in [0.3, 0.4) is 0 Å². The number of likely N-dealkylation sites (N-methyl/N-ethyl adjacent to an activating group) is 1. The number of ether oxygens (including phenoxy) is 3. The minimum absolute atomic E-state index is 0.160. The van der Waals surface area contributed by atoms with Crippen molar-refractivity contribution in [3.63, 3.8) is 0 Å². The molecule has 0 aliphatic heterocycles. The molecule has 0 aromatic heterocycles. The van der Waals surface area contributed by atoms with Gasteiger partial charge in [0, 0.05) is 6.54 Å². The van der Waals surface area contributed by atoms with Crippen LogP contribution in [-0.4, -0.2) is 51.2 Å². The number of amides is 2. The predicted molar refractivity (Wildman–Crippen MR) is 81.1 cm³/mol. The van der Waals surface area contributed by atoms with E-state index in [0.717, 1.165) is 0 Å². The molecule has 8 nitrogen and oxygen atoms in total. The zero-order chi connectivity index (χ0) is 17.1. The number of hydrogen-bond donors (Lipinski definition) is 2. The van der Waals surface area contributed by atoms with Crippen molar-refractivity contribution < 1.29 is 28.6 Å². The number of rotatable bonds is 9. The molecular weight excluding hydrogens is 304 g/mol. The molecule has 0 fully saturated rings. The van der Waals surface area contributed by atoms with Crippen molar-refractivity contribution in [1.82, 2.24) is 10.6 Å². The Kier molecular flexibility index (Phi) is 7.98. The maximum atomic E-state index is 11.5. The topological polar surface area (TPSA) is 103 Å². The molecule has 0 heterocycles. The maximum absolute atomic E-state index is 11.5. The average Bonchev–Trinajstić information content (AvgIpc) is 2.57. The van der Waals surface area contributed by atoms with E-state index in [9.17, 15) is 14.4 Å². The van der Waals surface area contributed by atoms with Crippen molar-refractivity contribution in [3.05, 3.63) is 24.3 Å². The van der Waals surface area contributed by atoms with Gasteiger partial charge in [-0.15, -0.1) is 0 Å². The van der Waals surface area contributed by atoms with Gasteiger partial charge in [-0.25, -0.2) is 4.79 Å². The van der Waals surface area contributed by atoms with Gasteiger partial charge in [-0.1, -0.05) is 0 Å². The monoisotopic (exact) mass is 324 g/mol. The van der Waals surface area contributed by atoms with E-state index in [1.807, 2.05) is 0 Å². The van der Waals surface area contributed by atoms with Crippen LogP contribution >= 0.6 is 0 Å². The Morgan fingerprint density at radius 2 is 1.61 bits per heavy atom. The third-order valence-electron chi connectivity index (χ3n) is 2.60. The van der Waals surface area contributed by atoms with E-state index in [0.29, 0.717) is 18.0 Å². The second-order valence-electron chi connectivity index (χ2n) is 4.36. The fourth-order valence-electron chi connectivity index (χ4n) is 1.49. The van der Waals surface area contributed by atoms with Gasteiger partial charge >= 0.3 is 5.97 Å². The summed E-state index contributed by atoms with van der Waals surface area (Å²) in [4.78, 5) is 34.0. The summed E-state index contributed by atoms with van der Waals surface area (Å²) in [7, 11) is 1.55. The zero-order valence-corrected chi connectivity index (χ0v) is 13.1. The van der Waals surface area contributed by atoms with Gasteiger partial charge in [0.1, 0.15) is 11.5 Å². The highest BCUT2D eigenvalue weighted by atomic mass is 16.6. The first kappa shape index (κ1) is 18.3. The third-order valence-corrected chi connectivity index (χ3v) is 2.60. The normalized spacial score (nSPS) is 9.65. The van der Waals surface area contributed by atoms with Crippen LogP contribution in [0.2, 0.25) is 0 Å². The van der Waals surface area contributed by atoms with Crippen LogP contribution in [0, 0.1) is 0 Å². The molecule has 8 heteroatoms. The molecular formula is C15H20N2O6. The van der Waals surface area contributed by atoms with Crippen LogP contribution < -0.4 is 20.1 Å². The highest BCUT2D eigenvalue weighted by Gasteiger charge is 2.09. The maximum Gasteiger partial charge on any atom is 0.344 e. The van der Waals surface area contributed by atoms with Gasteiger partial charge < -0.3 is 24.8 Å². The summed E-state index contributed by atoms with van der Waals surface area (Å²) >= 11 is 0. The van der Waals surface area contributed by atoms with Crippen molar-refractivity contribution in [2.75, 3.05) is 33.4 Å². The number of nitrogens with one attached hydrogen (secondary N) is 2. The molecule has 0 radical (unpaired) electrons. The summed E-state index contributed by atoms with van der Waals surface area (Å²) in [6.07, 6.45) is 0. The van der Waals surface area contributed by atoms with E-state index in [4.69, 9.17) is 14.2 Å². The molecule has 0 atom stereocenters. The zero-order valence-electron chi connectivity index (χ0n) is 13.1. The van der Waals surface area contributed by atoms with Crippen LogP contribution in [0.5, 0.6) is 11.5 Å². The minimum atomic E-state index is -0.686.